The fourth-order valence-corrected chi connectivity index (χ4v) is 4.84. The normalized spacial score (nSPS) is 22.4. The van der Waals surface area contributed by atoms with Crippen LogP contribution in [0.15, 0.2) is 24.4 Å². The zero-order chi connectivity index (χ0) is 39.4. The number of nitrogens with zero attached hydrogens (tertiary/aromatic N) is 3. The van der Waals surface area contributed by atoms with Crippen LogP contribution in [0, 0.1) is 0 Å². The molecule has 0 saturated carbocycles. The molecule has 2 aromatic rings. The molecule has 2 heterocycles. The highest BCUT2D eigenvalue weighted by molar-refractivity contribution is 5.77. The molecule has 1 fully saturated rings. The van der Waals surface area contributed by atoms with E-state index in [0.717, 1.165) is 26.0 Å². The van der Waals surface area contributed by atoms with Crippen molar-refractivity contribution >= 4 is 18.0 Å². The van der Waals surface area contributed by atoms with Crippen LogP contribution in [-0.4, -0.2) is 126 Å². The van der Waals surface area contributed by atoms with E-state index in [9.17, 15) is 75.0 Å². The Balaban J connectivity index is 1.96. The Morgan fingerprint density at radius 1 is 1.13 bits per heavy atom. The van der Waals surface area contributed by atoms with Gasteiger partial charge in [-0.1, -0.05) is 5.21 Å². The van der Waals surface area contributed by atoms with Crippen LogP contribution >= 0.6 is 0 Å². The van der Waals surface area contributed by atoms with Gasteiger partial charge in [0.25, 0.3) is 6.43 Å². The van der Waals surface area contributed by atoms with Gasteiger partial charge in [-0.25, -0.2) is 23.1 Å². The fourth-order valence-electron chi connectivity index (χ4n) is 4.84. The van der Waals surface area contributed by atoms with Gasteiger partial charge in [0.2, 0.25) is 5.91 Å². The van der Waals surface area contributed by atoms with Gasteiger partial charge in [-0.15, -0.1) is 5.10 Å². The van der Waals surface area contributed by atoms with Crippen LogP contribution < -0.4 is 15.4 Å². The number of amides is 2. The molecule has 1 aliphatic rings. The minimum atomic E-state index is -6.29. The van der Waals surface area contributed by atoms with Crippen molar-refractivity contribution < 1.29 is 94.0 Å². The molecular weight excluding hydrogens is 738 g/mol. The number of halogens is 8. The minimum absolute atomic E-state index is 0.386. The number of hydrogen-bond acceptors (Lipinski definition) is 13. The number of aliphatic hydroxyl groups excluding tert-OH is 4. The van der Waals surface area contributed by atoms with Crippen molar-refractivity contribution in [2.24, 2.45) is 0 Å². The van der Waals surface area contributed by atoms with Crippen molar-refractivity contribution in [2.45, 2.75) is 87.6 Å². The predicted molar refractivity (Wildman–Crippen MR) is 149 cm³/mol. The number of carboxylic acids is 1. The Hall–Kier alpha value is -4.43. The van der Waals surface area contributed by atoms with Crippen LogP contribution in [0.5, 0.6) is 5.75 Å². The van der Waals surface area contributed by atoms with E-state index in [2.05, 4.69) is 25.1 Å². The Bertz CT molecular complexity index is 1560. The molecule has 1 aromatic heterocycles. The van der Waals surface area contributed by atoms with Crippen molar-refractivity contribution in [1.29, 1.82) is 0 Å². The lowest BCUT2D eigenvalue weighted by atomic mass is 9.88. The van der Waals surface area contributed by atoms with Gasteiger partial charge in [0.15, 0.2) is 0 Å². The summed E-state index contributed by atoms with van der Waals surface area (Å²) in [6, 6.07) is 0.638. The highest BCUT2D eigenvalue weighted by Gasteiger charge is 2.74. The average Bonchev–Trinajstić information content (AvgIpc) is 3.51. The maximum atomic E-state index is 14.3. The van der Waals surface area contributed by atoms with Crippen LogP contribution in [0.25, 0.3) is 5.69 Å². The minimum Gasteiger partial charge on any atom is -0.476 e. The SMILES string of the molecule is CCOC(=O)NC(OCc1cn(-c2ccc(O[C@]3(C(=O)O)C[C@H](O)[C@@H](NC(C)=O)[C@H]([C@H](O)[C@H](O)CO)O3)c(C(F)F)c2)nn1)(C(F)(F)F)C(F)(F)F. The van der Waals surface area contributed by atoms with Gasteiger partial charge >= 0.3 is 35.9 Å². The molecule has 3 rings (SSSR count). The predicted octanol–water partition coefficient (Wildman–Crippen LogP) is 0.817. The molecule has 0 spiro atoms. The lowest BCUT2D eigenvalue weighted by Crippen LogP contribution is -2.69. The van der Waals surface area contributed by atoms with E-state index in [1.165, 1.54) is 0 Å². The second-order valence-electron chi connectivity index (χ2n) is 11.0. The highest BCUT2D eigenvalue weighted by atomic mass is 19.4. The quantitative estimate of drug-likeness (QED) is 0.104. The smallest absolute Gasteiger partial charge is 0.446 e. The number of aromatic nitrogens is 3. The molecule has 0 unspecified atom stereocenters. The number of carboxylic acid groups (broad SMARTS) is 1. The van der Waals surface area contributed by atoms with E-state index in [1.54, 1.807) is 0 Å². The van der Waals surface area contributed by atoms with E-state index >= 15 is 0 Å². The van der Waals surface area contributed by atoms with E-state index in [1.807, 2.05) is 0 Å². The van der Waals surface area contributed by atoms with Gasteiger partial charge in [-0.2, -0.15) is 26.3 Å². The van der Waals surface area contributed by atoms with Gasteiger partial charge in [0.1, 0.15) is 29.8 Å². The number of benzene rings is 1. The van der Waals surface area contributed by atoms with Crippen LogP contribution in [-0.2, 0) is 30.4 Å². The van der Waals surface area contributed by atoms with Gasteiger partial charge in [0.05, 0.1) is 55.8 Å². The summed E-state index contributed by atoms with van der Waals surface area (Å²) >= 11 is 0. The summed E-state index contributed by atoms with van der Waals surface area (Å²) in [5, 5.41) is 60.2. The Morgan fingerprint density at radius 3 is 2.29 bits per heavy atom. The number of hydrogen-bond donors (Lipinski definition) is 7. The van der Waals surface area contributed by atoms with Gasteiger partial charge in [0, 0.05) is 6.92 Å². The van der Waals surface area contributed by atoms with Gasteiger partial charge < -0.3 is 49.8 Å². The molecule has 7 N–H and O–H groups in total. The number of nitrogens with one attached hydrogen (secondary N) is 2. The zero-order valence-corrected chi connectivity index (χ0v) is 26.6. The maximum Gasteiger partial charge on any atom is 0.446 e. The molecule has 0 bridgehead atoms. The Kier molecular flexibility index (Phi) is 13.0. The first kappa shape index (κ1) is 42.0. The van der Waals surface area contributed by atoms with E-state index in [4.69, 9.17) is 9.47 Å². The number of rotatable bonds is 14. The Morgan fingerprint density at radius 2 is 1.77 bits per heavy atom. The molecule has 1 saturated heterocycles. The van der Waals surface area contributed by atoms with Crippen molar-refractivity contribution in [3.05, 3.63) is 35.7 Å². The van der Waals surface area contributed by atoms with E-state index in [-0.39, 0.29) is 5.69 Å². The molecule has 17 nitrogen and oxygen atoms in total. The number of aliphatic carboxylic acids is 1. The molecule has 6 atom stereocenters. The van der Waals surface area contributed by atoms with E-state index in [0.29, 0.717) is 22.3 Å². The number of alkyl halides is 8. The molecule has 1 aromatic carbocycles. The first-order valence-corrected chi connectivity index (χ1v) is 14.6. The largest absolute Gasteiger partial charge is 0.476 e. The lowest BCUT2D eigenvalue weighted by molar-refractivity contribution is -0.392. The fraction of sp³-hybridized carbons (Fsp3) is 0.593. The summed E-state index contributed by atoms with van der Waals surface area (Å²) in [4.78, 5) is 35.7. The standard InChI is InChI=1S/C27H31F8N5O12/c1-3-49-23(48)37-25(26(30,31)32,27(33,34)35)50-10-12-8-40(39-38-12)13-4-5-17(14(6-13)21(28)29)51-24(22(46)47)7-15(43)18(36-11(2)42)20(52-24)19(45)16(44)9-41/h4-6,8,15-16,18-21,41,43-45H,3,7,9-10H2,1-2H3,(H,36,42)(H,37,48)(H,46,47)/t15-,16+,18+,19+,20+,24+/m0/s1. The topological polar surface area (TPSA) is 244 Å². The monoisotopic (exact) mass is 769 g/mol. The number of carbonyl (C=O) groups excluding carboxylic acids is 2. The van der Waals surface area contributed by atoms with Crippen LogP contribution in [0.3, 0.4) is 0 Å². The molecule has 292 valence electrons. The third-order valence-electron chi connectivity index (χ3n) is 7.28. The molecule has 0 aliphatic carbocycles. The zero-order valence-electron chi connectivity index (χ0n) is 26.6. The second-order valence-corrected chi connectivity index (χ2v) is 11.0. The summed E-state index contributed by atoms with van der Waals surface area (Å²) in [6.07, 6.45) is -26.7. The first-order valence-electron chi connectivity index (χ1n) is 14.6. The van der Waals surface area contributed by atoms with Gasteiger partial charge in [-0.05, 0) is 25.1 Å². The van der Waals surface area contributed by atoms with Crippen molar-refractivity contribution in [2.75, 3.05) is 13.2 Å². The third-order valence-corrected chi connectivity index (χ3v) is 7.28. The van der Waals surface area contributed by atoms with Crippen LogP contribution in [0.4, 0.5) is 39.9 Å². The number of aliphatic hydroxyl groups is 4. The summed E-state index contributed by atoms with van der Waals surface area (Å²) in [5.74, 6) is -6.85. The van der Waals surface area contributed by atoms with Crippen LogP contribution in [0.1, 0.15) is 38.0 Å². The van der Waals surface area contributed by atoms with Crippen molar-refractivity contribution in [1.82, 2.24) is 25.6 Å². The summed E-state index contributed by atoms with van der Waals surface area (Å²) < 4.78 is 130. The summed E-state index contributed by atoms with van der Waals surface area (Å²) in [7, 11) is 0. The van der Waals surface area contributed by atoms with Crippen molar-refractivity contribution in [3.63, 3.8) is 0 Å². The lowest BCUT2D eigenvalue weighted by Gasteiger charge is -2.46. The number of carbonyl (C=O) groups is 3. The molecular formula is C27H31F8N5O12. The number of alkyl carbamates (subject to hydrolysis) is 1. The average molecular weight is 770 g/mol. The summed E-state index contributed by atoms with van der Waals surface area (Å²) in [5.41, 5.74) is -7.50. The third kappa shape index (κ3) is 8.95. The first-order chi connectivity index (χ1) is 24.0. The summed E-state index contributed by atoms with van der Waals surface area (Å²) in [6.45, 7) is -1.21. The highest BCUT2D eigenvalue weighted by Crippen LogP contribution is 2.45. The van der Waals surface area contributed by atoms with Crippen LogP contribution in [0.2, 0.25) is 0 Å². The maximum absolute atomic E-state index is 14.3. The second kappa shape index (κ2) is 16.1. The molecule has 52 heavy (non-hydrogen) atoms. The molecule has 2 amide bonds. The molecule has 0 radical (unpaired) electrons. The Labute approximate surface area is 286 Å². The van der Waals surface area contributed by atoms with Crippen molar-refractivity contribution in [3.8, 4) is 11.4 Å². The molecule has 1 aliphatic heterocycles. The van der Waals surface area contributed by atoms with E-state index < -0.39 is 122 Å². The molecule has 25 heteroatoms. The number of ether oxygens (including phenoxy) is 4. The van der Waals surface area contributed by atoms with Gasteiger partial charge in [-0.3, -0.25) is 10.1 Å².